The Morgan fingerprint density at radius 1 is 1.29 bits per heavy atom. The number of thioether (sulfide) groups is 1. The van der Waals surface area contributed by atoms with Gasteiger partial charge in [0, 0.05) is 5.56 Å². The molecule has 0 spiro atoms. The number of nitrogens with zero attached hydrogens (tertiary/aromatic N) is 2. The molecule has 0 N–H and O–H groups in total. The average Bonchev–Trinajstić information content (AvgIpc) is 3.06. The summed E-state index contributed by atoms with van der Waals surface area (Å²) in [4.78, 5) is 16.7. The Morgan fingerprint density at radius 3 is 2.71 bits per heavy atom. The summed E-state index contributed by atoms with van der Waals surface area (Å²) in [6.45, 7) is 2.55. The highest BCUT2D eigenvalue weighted by Gasteiger charge is 2.33. The molecule has 3 rings (SSSR count). The van der Waals surface area contributed by atoms with E-state index in [1.807, 2.05) is 0 Å². The van der Waals surface area contributed by atoms with Gasteiger partial charge in [-0.05, 0) is 38.1 Å². The van der Waals surface area contributed by atoms with Crippen LogP contribution in [0.25, 0.3) is 6.08 Å². The minimum absolute atomic E-state index is 0.125. The summed E-state index contributed by atoms with van der Waals surface area (Å²) < 4.78 is 14.2. The van der Waals surface area contributed by atoms with Crippen molar-refractivity contribution in [1.29, 1.82) is 0 Å². The van der Waals surface area contributed by atoms with Gasteiger partial charge in [-0.25, -0.2) is 4.39 Å². The van der Waals surface area contributed by atoms with E-state index in [1.54, 1.807) is 29.2 Å². The van der Waals surface area contributed by atoms with Crippen molar-refractivity contribution in [3.8, 4) is 0 Å². The number of carbonyl (C=O) groups excluding carboxylic acids is 1. The SMILES string of the molecule is O=C1/C(=C/c2ccccc2F)SC(=S)N1CN1CCCC1. The molecule has 21 heavy (non-hydrogen) atoms. The van der Waals surface area contributed by atoms with Gasteiger partial charge in [-0.1, -0.05) is 42.2 Å². The fourth-order valence-corrected chi connectivity index (χ4v) is 3.71. The molecule has 0 aliphatic carbocycles. The summed E-state index contributed by atoms with van der Waals surface area (Å²) in [6, 6.07) is 6.42. The number of amides is 1. The summed E-state index contributed by atoms with van der Waals surface area (Å²) in [6.07, 6.45) is 3.92. The minimum atomic E-state index is -0.331. The molecule has 0 saturated carbocycles. The second kappa shape index (κ2) is 6.25. The summed E-state index contributed by atoms with van der Waals surface area (Å²) >= 11 is 6.53. The first-order chi connectivity index (χ1) is 10.1. The van der Waals surface area contributed by atoms with Gasteiger partial charge in [-0.3, -0.25) is 14.6 Å². The van der Waals surface area contributed by atoms with Crippen LogP contribution in [0.5, 0.6) is 0 Å². The molecule has 0 radical (unpaired) electrons. The van der Waals surface area contributed by atoms with E-state index < -0.39 is 0 Å². The highest BCUT2D eigenvalue weighted by atomic mass is 32.2. The molecule has 2 saturated heterocycles. The van der Waals surface area contributed by atoms with E-state index >= 15 is 0 Å². The first kappa shape index (κ1) is 14.7. The summed E-state index contributed by atoms with van der Waals surface area (Å²) in [5.74, 6) is -0.456. The lowest BCUT2D eigenvalue weighted by atomic mass is 10.2. The Kier molecular flexibility index (Phi) is 4.37. The third kappa shape index (κ3) is 3.17. The highest BCUT2D eigenvalue weighted by molar-refractivity contribution is 8.26. The maximum absolute atomic E-state index is 13.7. The first-order valence-corrected chi connectivity index (χ1v) is 8.10. The predicted molar refractivity (Wildman–Crippen MR) is 87.1 cm³/mol. The normalized spacial score (nSPS) is 21.8. The molecule has 2 aliphatic rings. The second-order valence-electron chi connectivity index (χ2n) is 5.10. The number of thiocarbonyl (C=S) groups is 1. The van der Waals surface area contributed by atoms with Crippen LogP contribution >= 0.6 is 24.0 Å². The van der Waals surface area contributed by atoms with Gasteiger partial charge in [0.25, 0.3) is 5.91 Å². The van der Waals surface area contributed by atoms with E-state index in [0.29, 0.717) is 21.5 Å². The molecule has 1 amide bonds. The minimum Gasteiger partial charge on any atom is -0.286 e. The van der Waals surface area contributed by atoms with Crippen molar-refractivity contribution in [2.75, 3.05) is 19.8 Å². The molecule has 2 fully saturated rings. The molecular weight excluding hydrogens is 307 g/mol. The molecular formula is C15H15FN2OS2. The van der Waals surface area contributed by atoms with E-state index in [1.165, 1.54) is 30.7 Å². The number of hydrogen-bond acceptors (Lipinski definition) is 4. The molecule has 0 unspecified atom stereocenters. The molecule has 1 aromatic carbocycles. The van der Waals surface area contributed by atoms with Crippen molar-refractivity contribution >= 4 is 40.3 Å². The molecule has 1 aromatic rings. The number of benzene rings is 1. The van der Waals surface area contributed by atoms with Crippen molar-refractivity contribution in [3.05, 3.63) is 40.6 Å². The zero-order valence-corrected chi connectivity index (χ0v) is 13.1. The van der Waals surface area contributed by atoms with E-state index in [0.717, 1.165) is 13.1 Å². The molecule has 0 bridgehead atoms. The zero-order chi connectivity index (χ0) is 14.8. The van der Waals surface area contributed by atoms with Crippen molar-refractivity contribution in [3.63, 3.8) is 0 Å². The van der Waals surface area contributed by atoms with E-state index in [-0.39, 0.29) is 11.7 Å². The maximum atomic E-state index is 13.7. The number of carbonyl (C=O) groups is 1. The molecule has 2 aliphatic heterocycles. The van der Waals surface area contributed by atoms with Crippen LogP contribution in [0.15, 0.2) is 29.2 Å². The standard InChI is InChI=1S/C15H15FN2OS2/c16-12-6-2-1-5-11(12)9-13-14(19)18(15(20)21-13)10-17-7-3-4-8-17/h1-2,5-6,9H,3-4,7-8,10H2/b13-9-. The zero-order valence-electron chi connectivity index (χ0n) is 11.4. The Bertz CT molecular complexity index is 611. The van der Waals surface area contributed by atoms with E-state index in [2.05, 4.69) is 4.90 Å². The molecule has 0 aromatic heterocycles. The molecule has 2 heterocycles. The van der Waals surface area contributed by atoms with Gasteiger partial charge in [0.05, 0.1) is 11.6 Å². The Balaban J connectivity index is 1.78. The van der Waals surface area contributed by atoms with Gasteiger partial charge in [0.2, 0.25) is 0 Å². The fourth-order valence-electron chi connectivity index (χ4n) is 2.48. The third-order valence-electron chi connectivity index (χ3n) is 3.61. The van der Waals surface area contributed by atoms with Crippen LogP contribution in [0.4, 0.5) is 4.39 Å². The van der Waals surface area contributed by atoms with Crippen molar-refractivity contribution in [1.82, 2.24) is 9.80 Å². The Hall–Kier alpha value is -1.24. The molecule has 6 heteroatoms. The third-order valence-corrected chi connectivity index (χ3v) is 4.98. The summed E-state index contributed by atoms with van der Waals surface area (Å²) in [7, 11) is 0. The second-order valence-corrected chi connectivity index (χ2v) is 6.77. The summed E-state index contributed by atoms with van der Waals surface area (Å²) in [5, 5.41) is 0. The van der Waals surface area contributed by atoms with Crippen LogP contribution in [0.2, 0.25) is 0 Å². The lowest BCUT2D eigenvalue weighted by Crippen LogP contribution is -2.38. The van der Waals surface area contributed by atoms with E-state index in [4.69, 9.17) is 12.2 Å². The number of rotatable bonds is 3. The average molecular weight is 322 g/mol. The fraction of sp³-hybridized carbons (Fsp3) is 0.333. The van der Waals surface area contributed by atoms with Gasteiger partial charge in [-0.15, -0.1) is 0 Å². The van der Waals surface area contributed by atoms with Crippen LogP contribution in [0.3, 0.4) is 0 Å². The monoisotopic (exact) mass is 322 g/mol. The van der Waals surface area contributed by atoms with Gasteiger partial charge in [0.1, 0.15) is 10.1 Å². The van der Waals surface area contributed by atoms with E-state index in [9.17, 15) is 9.18 Å². The van der Waals surface area contributed by atoms with Crippen molar-refractivity contribution in [2.24, 2.45) is 0 Å². The van der Waals surface area contributed by atoms with Gasteiger partial charge in [0.15, 0.2) is 0 Å². The van der Waals surface area contributed by atoms with Gasteiger partial charge >= 0.3 is 0 Å². The topological polar surface area (TPSA) is 23.6 Å². The number of hydrogen-bond donors (Lipinski definition) is 0. The molecule has 110 valence electrons. The van der Waals surface area contributed by atoms with Crippen molar-refractivity contribution in [2.45, 2.75) is 12.8 Å². The number of likely N-dealkylation sites (tertiary alicyclic amines) is 1. The quantitative estimate of drug-likeness (QED) is 0.630. The Morgan fingerprint density at radius 2 is 2.00 bits per heavy atom. The summed E-state index contributed by atoms with van der Waals surface area (Å²) in [5.41, 5.74) is 0.416. The lowest BCUT2D eigenvalue weighted by Gasteiger charge is -2.22. The lowest BCUT2D eigenvalue weighted by molar-refractivity contribution is -0.123. The van der Waals surface area contributed by atoms with Crippen LogP contribution in [-0.4, -0.2) is 39.8 Å². The van der Waals surface area contributed by atoms with Gasteiger partial charge < -0.3 is 0 Å². The predicted octanol–water partition coefficient (Wildman–Crippen LogP) is 3.08. The van der Waals surface area contributed by atoms with Crippen molar-refractivity contribution < 1.29 is 9.18 Å². The van der Waals surface area contributed by atoms with Crippen LogP contribution in [-0.2, 0) is 4.79 Å². The molecule has 0 atom stereocenters. The van der Waals surface area contributed by atoms with Crippen LogP contribution in [0.1, 0.15) is 18.4 Å². The maximum Gasteiger partial charge on any atom is 0.267 e. The van der Waals surface area contributed by atoms with Crippen LogP contribution in [0, 0.1) is 5.82 Å². The molecule has 3 nitrogen and oxygen atoms in total. The number of halogens is 1. The smallest absolute Gasteiger partial charge is 0.267 e. The van der Waals surface area contributed by atoms with Gasteiger partial charge in [-0.2, -0.15) is 0 Å². The largest absolute Gasteiger partial charge is 0.286 e. The Labute approximate surface area is 132 Å². The van der Waals surface area contributed by atoms with Crippen LogP contribution < -0.4 is 0 Å². The first-order valence-electron chi connectivity index (χ1n) is 6.87. The highest BCUT2D eigenvalue weighted by Crippen LogP contribution is 2.33.